The van der Waals surface area contributed by atoms with E-state index in [4.69, 9.17) is 21.1 Å². The molecule has 76 valence electrons. The first kappa shape index (κ1) is 9.75. The summed E-state index contributed by atoms with van der Waals surface area (Å²) in [5.74, 6) is 0. The number of rotatable bonds is 1. The second kappa shape index (κ2) is 3.76. The molecule has 0 N–H and O–H groups in total. The third-order valence-electron chi connectivity index (χ3n) is 3.10. The Morgan fingerprint density at radius 1 is 1.31 bits per heavy atom. The molecule has 2 heterocycles. The first-order chi connectivity index (χ1) is 6.21. The topological polar surface area (TPSA) is 18.5 Å². The maximum Gasteiger partial charge on any atom is 0.0928 e. The van der Waals surface area contributed by atoms with Gasteiger partial charge in [0.1, 0.15) is 0 Å². The van der Waals surface area contributed by atoms with Crippen LogP contribution in [0.25, 0.3) is 0 Å². The average molecular weight is 205 g/mol. The summed E-state index contributed by atoms with van der Waals surface area (Å²) in [7, 11) is 0. The number of hydrogen-bond donors (Lipinski definition) is 0. The molecule has 2 rings (SSSR count). The van der Waals surface area contributed by atoms with Crippen LogP contribution >= 0.6 is 11.6 Å². The lowest BCUT2D eigenvalue weighted by atomic mass is 9.88. The van der Waals surface area contributed by atoms with E-state index in [-0.39, 0.29) is 17.1 Å². The van der Waals surface area contributed by atoms with Crippen LogP contribution in [0, 0.1) is 0 Å². The summed E-state index contributed by atoms with van der Waals surface area (Å²) >= 11 is 6.14. The maximum atomic E-state index is 6.14. The number of ether oxygens (including phenoxy) is 2. The van der Waals surface area contributed by atoms with E-state index in [1.807, 2.05) is 0 Å². The SMILES string of the molecule is CC1(C2CCCO2)CC(Cl)CCO1. The highest BCUT2D eigenvalue weighted by atomic mass is 35.5. The molecule has 0 saturated carbocycles. The molecule has 2 saturated heterocycles. The third kappa shape index (κ3) is 2.00. The van der Waals surface area contributed by atoms with Gasteiger partial charge in [-0.2, -0.15) is 0 Å². The van der Waals surface area contributed by atoms with Crippen LogP contribution in [0.15, 0.2) is 0 Å². The Hall–Kier alpha value is 0.210. The van der Waals surface area contributed by atoms with Gasteiger partial charge in [0.25, 0.3) is 0 Å². The molecule has 2 nitrogen and oxygen atoms in total. The van der Waals surface area contributed by atoms with E-state index in [0.29, 0.717) is 0 Å². The van der Waals surface area contributed by atoms with Crippen LogP contribution in [-0.4, -0.2) is 30.3 Å². The van der Waals surface area contributed by atoms with Crippen LogP contribution in [0.2, 0.25) is 0 Å². The van der Waals surface area contributed by atoms with Crippen LogP contribution in [0.1, 0.15) is 32.6 Å². The van der Waals surface area contributed by atoms with Crippen LogP contribution in [0.3, 0.4) is 0 Å². The van der Waals surface area contributed by atoms with Crippen LogP contribution in [-0.2, 0) is 9.47 Å². The van der Waals surface area contributed by atoms with Crippen molar-refractivity contribution in [1.82, 2.24) is 0 Å². The van der Waals surface area contributed by atoms with Gasteiger partial charge in [-0.3, -0.25) is 0 Å². The normalized spacial score (nSPS) is 46.6. The fraction of sp³-hybridized carbons (Fsp3) is 1.00. The van der Waals surface area contributed by atoms with E-state index in [9.17, 15) is 0 Å². The molecule has 2 fully saturated rings. The minimum Gasteiger partial charge on any atom is -0.375 e. The van der Waals surface area contributed by atoms with Gasteiger partial charge < -0.3 is 9.47 Å². The van der Waals surface area contributed by atoms with Crippen molar-refractivity contribution < 1.29 is 9.47 Å². The van der Waals surface area contributed by atoms with Crippen molar-refractivity contribution in [2.45, 2.75) is 49.7 Å². The zero-order valence-corrected chi connectivity index (χ0v) is 8.85. The summed E-state index contributed by atoms with van der Waals surface area (Å²) in [6, 6.07) is 0. The quantitative estimate of drug-likeness (QED) is 0.611. The second-order valence-corrected chi connectivity index (χ2v) is 4.87. The average Bonchev–Trinajstić information content (AvgIpc) is 2.55. The zero-order chi connectivity index (χ0) is 9.31. The molecule has 3 atom stereocenters. The molecule has 0 aromatic heterocycles. The van der Waals surface area contributed by atoms with Gasteiger partial charge in [-0.05, 0) is 32.6 Å². The highest BCUT2D eigenvalue weighted by molar-refractivity contribution is 6.20. The molecule has 3 heteroatoms. The fourth-order valence-corrected chi connectivity index (χ4v) is 2.70. The Bertz CT molecular complexity index is 180. The Morgan fingerprint density at radius 3 is 2.77 bits per heavy atom. The van der Waals surface area contributed by atoms with Gasteiger partial charge in [-0.25, -0.2) is 0 Å². The largest absolute Gasteiger partial charge is 0.375 e. The first-order valence-electron chi connectivity index (χ1n) is 5.10. The van der Waals surface area contributed by atoms with Gasteiger partial charge in [0.05, 0.1) is 11.7 Å². The van der Waals surface area contributed by atoms with Gasteiger partial charge in [-0.1, -0.05) is 0 Å². The molecular weight excluding hydrogens is 188 g/mol. The highest BCUT2D eigenvalue weighted by Crippen LogP contribution is 2.36. The Labute approximate surface area is 84.5 Å². The van der Waals surface area contributed by atoms with E-state index in [2.05, 4.69) is 6.92 Å². The van der Waals surface area contributed by atoms with Crippen molar-refractivity contribution in [3.05, 3.63) is 0 Å². The molecule has 0 amide bonds. The molecule has 0 aromatic carbocycles. The van der Waals surface area contributed by atoms with Crippen molar-refractivity contribution in [2.75, 3.05) is 13.2 Å². The Kier molecular flexibility index (Phi) is 2.82. The minimum absolute atomic E-state index is 0.124. The summed E-state index contributed by atoms with van der Waals surface area (Å²) in [4.78, 5) is 0. The van der Waals surface area contributed by atoms with E-state index in [0.717, 1.165) is 38.9 Å². The first-order valence-corrected chi connectivity index (χ1v) is 5.54. The molecule has 0 bridgehead atoms. The fourth-order valence-electron chi connectivity index (χ4n) is 2.30. The predicted octanol–water partition coefficient (Wildman–Crippen LogP) is 2.34. The van der Waals surface area contributed by atoms with E-state index < -0.39 is 0 Å². The summed E-state index contributed by atoms with van der Waals surface area (Å²) in [5.41, 5.74) is -0.124. The van der Waals surface area contributed by atoms with Crippen molar-refractivity contribution in [3.63, 3.8) is 0 Å². The van der Waals surface area contributed by atoms with Crippen molar-refractivity contribution in [2.24, 2.45) is 0 Å². The summed E-state index contributed by atoms with van der Waals surface area (Å²) in [5, 5.41) is 0.267. The van der Waals surface area contributed by atoms with Crippen LogP contribution < -0.4 is 0 Å². The Morgan fingerprint density at radius 2 is 2.15 bits per heavy atom. The summed E-state index contributed by atoms with van der Waals surface area (Å²) < 4.78 is 11.5. The third-order valence-corrected chi connectivity index (χ3v) is 3.47. The standard InChI is InChI=1S/C10H17ClO2/c1-10(9-3-2-5-12-9)7-8(11)4-6-13-10/h8-9H,2-7H2,1H3. The van der Waals surface area contributed by atoms with Crippen LogP contribution in [0.4, 0.5) is 0 Å². The van der Waals surface area contributed by atoms with Gasteiger partial charge in [0, 0.05) is 18.6 Å². The van der Waals surface area contributed by atoms with Crippen LogP contribution in [0.5, 0.6) is 0 Å². The van der Waals surface area contributed by atoms with Gasteiger partial charge in [0.2, 0.25) is 0 Å². The summed E-state index contributed by atoms with van der Waals surface area (Å²) in [6.07, 6.45) is 4.47. The number of hydrogen-bond acceptors (Lipinski definition) is 2. The molecule has 3 unspecified atom stereocenters. The van der Waals surface area contributed by atoms with Gasteiger partial charge in [-0.15, -0.1) is 11.6 Å². The van der Waals surface area contributed by atoms with Crippen molar-refractivity contribution in [1.29, 1.82) is 0 Å². The monoisotopic (exact) mass is 204 g/mol. The van der Waals surface area contributed by atoms with Gasteiger partial charge in [0.15, 0.2) is 0 Å². The molecule has 0 spiro atoms. The maximum absolute atomic E-state index is 6.14. The van der Waals surface area contributed by atoms with E-state index in [1.54, 1.807) is 0 Å². The predicted molar refractivity (Wildman–Crippen MR) is 52.2 cm³/mol. The lowest BCUT2D eigenvalue weighted by Crippen LogP contribution is -2.47. The smallest absolute Gasteiger partial charge is 0.0928 e. The lowest BCUT2D eigenvalue weighted by molar-refractivity contribution is -0.139. The molecule has 0 aliphatic carbocycles. The lowest BCUT2D eigenvalue weighted by Gasteiger charge is -2.40. The van der Waals surface area contributed by atoms with Gasteiger partial charge >= 0.3 is 0 Å². The molecular formula is C10H17ClO2. The molecule has 2 aliphatic rings. The number of alkyl halides is 1. The van der Waals surface area contributed by atoms with Crippen molar-refractivity contribution in [3.8, 4) is 0 Å². The van der Waals surface area contributed by atoms with E-state index in [1.165, 1.54) is 0 Å². The minimum atomic E-state index is -0.124. The zero-order valence-electron chi connectivity index (χ0n) is 8.09. The van der Waals surface area contributed by atoms with Crippen molar-refractivity contribution >= 4 is 11.6 Å². The molecule has 2 aliphatic heterocycles. The summed E-state index contributed by atoms with van der Waals surface area (Å²) in [6.45, 7) is 3.80. The molecule has 13 heavy (non-hydrogen) atoms. The highest BCUT2D eigenvalue weighted by Gasteiger charge is 2.41. The number of halogens is 1. The molecule has 0 aromatic rings. The second-order valence-electron chi connectivity index (χ2n) is 4.25. The van der Waals surface area contributed by atoms with E-state index >= 15 is 0 Å². The Balaban J connectivity index is 2.00. The molecule has 0 radical (unpaired) electrons.